The number of para-hydroxylation sites is 1. The van der Waals surface area contributed by atoms with Crippen molar-refractivity contribution in [1.29, 1.82) is 5.26 Å². The van der Waals surface area contributed by atoms with E-state index >= 15 is 0 Å². The van der Waals surface area contributed by atoms with Gasteiger partial charge in [-0.1, -0.05) is 30.0 Å². The van der Waals surface area contributed by atoms with Gasteiger partial charge in [-0.3, -0.25) is 4.79 Å². The van der Waals surface area contributed by atoms with Crippen LogP contribution in [0, 0.1) is 11.3 Å². The van der Waals surface area contributed by atoms with E-state index in [-0.39, 0.29) is 11.4 Å². The third-order valence-electron chi connectivity index (χ3n) is 5.47. The van der Waals surface area contributed by atoms with Crippen LogP contribution in [0.2, 0.25) is 0 Å². The molecule has 2 heterocycles. The maximum Gasteiger partial charge on any atom is 0.247 e. The van der Waals surface area contributed by atoms with Crippen LogP contribution in [-0.4, -0.2) is 61.2 Å². The van der Waals surface area contributed by atoms with Gasteiger partial charge >= 0.3 is 0 Å². The smallest absolute Gasteiger partial charge is 0.247 e. The monoisotopic (exact) mass is 530 g/mol. The molecule has 2 aromatic heterocycles. The van der Waals surface area contributed by atoms with Crippen molar-refractivity contribution in [2.45, 2.75) is 0 Å². The molecule has 0 atom stereocenters. The van der Waals surface area contributed by atoms with Crippen molar-refractivity contribution < 1.29 is 14.3 Å². The third-order valence-corrected chi connectivity index (χ3v) is 6.49. The number of nitrogens with one attached hydrogen (secondary N) is 1. The first-order chi connectivity index (χ1) is 18.6. The highest BCUT2D eigenvalue weighted by Gasteiger charge is 2.15. The van der Waals surface area contributed by atoms with Crippen molar-refractivity contribution in [3.05, 3.63) is 66.9 Å². The van der Waals surface area contributed by atoms with Crippen LogP contribution in [0.25, 0.3) is 15.3 Å². The van der Waals surface area contributed by atoms with Crippen LogP contribution < -0.4 is 10.2 Å². The molecule has 4 rings (SSSR count). The molecule has 4 aromatic rings. The summed E-state index contributed by atoms with van der Waals surface area (Å²) in [7, 11) is 3.28. The second kappa shape index (κ2) is 12.7. The summed E-state index contributed by atoms with van der Waals surface area (Å²) in [6.45, 7) is 5.83. The number of hydrogen-bond donors (Lipinski definition) is 1. The number of carbonyl (C=O) groups is 1. The van der Waals surface area contributed by atoms with Gasteiger partial charge in [0.1, 0.15) is 17.3 Å². The van der Waals surface area contributed by atoms with E-state index in [1.807, 2.05) is 30.3 Å². The summed E-state index contributed by atoms with van der Waals surface area (Å²) in [5.74, 6) is -0.254. The Morgan fingerprint density at radius 2 is 1.97 bits per heavy atom. The third kappa shape index (κ3) is 6.27. The van der Waals surface area contributed by atoms with Crippen molar-refractivity contribution in [1.82, 2.24) is 14.8 Å². The summed E-state index contributed by atoms with van der Waals surface area (Å²) in [4.78, 5) is 18.8. The minimum absolute atomic E-state index is 0.138. The summed E-state index contributed by atoms with van der Waals surface area (Å²) >= 11 is 1.45. The van der Waals surface area contributed by atoms with E-state index < -0.39 is 5.91 Å². The molecule has 11 nitrogen and oxygen atoms in total. The van der Waals surface area contributed by atoms with E-state index in [0.717, 1.165) is 15.9 Å². The standard InChI is InChI=1S/C26H26N8O3S/c1-4-24(35)28-22-15-19(33(11-13-36-2)12-14-37-3)9-10-20(22)30-31-25-18(16-27)17-34(32-25)26-29-21-7-5-6-8-23(21)38-26/h4-10,15,17H,1,11-14H2,2-3H3,(H,28,35). The number of nitriles is 1. The number of hydrogen-bond acceptors (Lipinski definition) is 10. The first-order valence-electron chi connectivity index (χ1n) is 11.6. The van der Waals surface area contributed by atoms with Gasteiger partial charge in [0.2, 0.25) is 16.9 Å². The van der Waals surface area contributed by atoms with Crippen LogP contribution >= 0.6 is 11.3 Å². The average Bonchev–Trinajstić information content (AvgIpc) is 3.56. The Hall–Kier alpha value is -4.44. The number of azo groups is 1. The normalized spacial score (nSPS) is 11.1. The largest absolute Gasteiger partial charge is 0.383 e. The molecule has 194 valence electrons. The quantitative estimate of drug-likeness (QED) is 0.202. The van der Waals surface area contributed by atoms with E-state index in [2.05, 4.69) is 43.2 Å². The van der Waals surface area contributed by atoms with Gasteiger partial charge in [0.05, 0.1) is 35.3 Å². The van der Waals surface area contributed by atoms with Crippen molar-refractivity contribution >= 4 is 50.3 Å². The van der Waals surface area contributed by atoms with Crippen LogP contribution in [0.3, 0.4) is 0 Å². The molecule has 0 aliphatic heterocycles. The van der Waals surface area contributed by atoms with Crippen molar-refractivity contribution in [3.63, 3.8) is 0 Å². The summed E-state index contributed by atoms with van der Waals surface area (Å²) < 4.78 is 13.0. The number of ether oxygens (including phenoxy) is 2. The Kier molecular flexibility index (Phi) is 8.89. The van der Waals surface area contributed by atoms with E-state index in [9.17, 15) is 10.1 Å². The number of carbonyl (C=O) groups excluding carboxylic acids is 1. The molecule has 12 heteroatoms. The maximum absolute atomic E-state index is 12.1. The van der Waals surface area contributed by atoms with Gasteiger partial charge in [-0.15, -0.1) is 15.3 Å². The van der Waals surface area contributed by atoms with Gasteiger partial charge in [0.15, 0.2) is 0 Å². The molecule has 0 unspecified atom stereocenters. The Bertz CT molecular complexity index is 1460. The van der Waals surface area contributed by atoms with Crippen LogP contribution in [0.15, 0.2) is 71.5 Å². The summed E-state index contributed by atoms with van der Waals surface area (Å²) in [6, 6.07) is 15.2. The first-order valence-corrected chi connectivity index (χ1v) is 12.5. The Labute approximate surface area is 223 Å². The molecular formula is C26H26N8O3S. The SMILES string of the molecule is C=CC(=O)Nc1cc(N(CCOC)CCOC)ccc1N=Nc1nn(-c2nc3ccccc3s2)cc1C#N. The first kappa shape index (κ1) is 26.6. The van der Waals surface area contributed by atoms with Crippen molar-refractivity contribution in [2.75, 3.05) is 50.7 Å². The number of amides is 1. The van der Waals surface area contributed by atoms with E-state index in [4.69, 9.17) is 9.47 Å². The molecule has 38 heavy (non-hydrogen) atoms. The van der Waals surface area contributed by atoms with E-state index in [1.54, 1.807) is 32.5 Å². The van der Waals surface area contributed by atoms with E-state index in [1.165, 1.54) is 22.1 Å². The lowest BCUT2D eigenvalue weighted by atomic mass is 10.2. The summed E-state index contributed by atoms with van der Waals surface area (Å²) in [5.41, 5.74) is 2.75. The lowest BCUT2D eigenvalue weighted by Gasteiger charge is -2.25. The van der Waals surface area contributed by atoms with Gasteiger partial charge in [-0.25, -0.2) is 9.67 Å². The number of aromatic nitrogens is 3. The fourth-order valence-electron chi connectivity index (χ4n) is 3.54. The van der Waals surface area contributed by atoms with Crippen LogP contribution in [0.1, 0.15) is 5.56 Å². The molecule has 0 aliphatic rings. The van der Waals surface area contributed by atoms with Crippen molar-refractivity contribution in [3.8, 4) is 11.2 Å². The fourth-order valence-corrected chi connectivity index (χ4v) is 4.43. The minimum Gasteiger partial charge on any atom is -0.383 e. The van der Waals surface area contributed by atoms with E-state index in [0.29, 0.717) is 42.8 Å². The molecule has 0 aliphatic carbocycles. The average molecular weight is 531 g/mol. The molecule has 0 spiro atoms. The summed E-state index contributed by atoms with van der Waals surface area (Å²) in [6.07, 6.45) is 2.74. The topological polar surface area (TPSA) is 130 Å². The minimum atomic E-state index is -0.392. The molecule has 2 aromatic carbocycles. The molecule has 0 bridgehead atoms. The van der Waals surface area contributed by atoms with Gasteiger partial charge in [0.25, 0.3) is 0 Å². The second-order valence-electron chi connectivity index (χ2n) is 7.95. The molecular weight excluding hydrogens is 504 g/mol. The highest BCUT2D eigenvalue weighted by Crippen LogP contribution is 2.33. The van der Waals surface area contributed by atoms with Crippen LogP contribution in [-0.2, 0) is 14.3 Å². The van der Waals surface area contributed by atoms with Crippen LogP contribution in [0.4, 0.5) is 22.9 Å². The Morgan fingerprint density at radius 1 is 1.21 bits per heavy atom. The Morgan fingerprint density at radius 3 is 2.66 bits per heavy atom. The number of rotatable bonds is 12. The lowest BCUT2D eigenvalue weighted by molar-refractivity contribution is -0.111. The molecule has 0 radical (unpaired) electrons. The number of anilines is 2. The molecule has 0 fully saturated rings. The number of benzene rings is 2. The van der Waals surface area contributed by atoms with Gasteiger partial charge in [-0.2, -0.15) is 5.26 Å². The number of thiazole rings is 1. The molecule has 1 N–H and O–H groups in total. The zero-order valence-corrected chi connectivity index (χ0v) is 21.8. The molecule has 0 saturated heterocycles. The lowest BCUT2D eigenvalue weighted by Crippen LogP contribution is -2.30. The zero-order valence-electron chi connectivity index (χ0n) is 21.0. The Balaban J connectivity index is 1.66. The van der Waals surface area contributed by atoms with Gasteiger partial charge < -0.3 is 19.7 Å². The summed E-state index contributed by atoms with van der Waals surface area (Å²) in [5, 5.41) is 26.0. The molecule has 1 amide bonds. The maximum atomic E-state index is 12.1. The highest BCUT2D eigenvalue weighted by molar-refractivity contribution is 7.20. The van der Waals surface area contributed by atoms with Crippen molar-refractivity contribution in [2.24, 2.45) is 10.2 Å². The highest BCUT2D eigenvalue weighted by atomic mass is 32.1. The van der Waals surface area contributed by atoms with Gasteiger partial charge in [-0.05, 0) is 36.4 Å². The van der Waals surface area contributed by atoms with Crippen LogP contribution in [0.5, 0.6) is 0 Å². The number of nitrogens with zero attached hydrogens (tertiary/aromatic N) is 7. The predicted octanol–water partition coefficient (Wildman–Crippen LogP) is 4.99. The van der Waals surface area contributed by atoms with Gasteiger partial charge in [0, 0.05) is 33.0 Å². The number of methoxy groups -OCH3 is 2. The fraction of sp³-hybridized carbons (Fsp3) is 0.231. The predicted molar refractivity (Wildman–Crippen MR) is 147 cm³/mol. The molecule has 0 saturated carbocycles. The zero-order chi connectivity index (χ0) is 26.9. The second-order valence-corrected chi connectivity index (χ2v) is 8.96. The number of fused-ring (bicyclic) bond motifs is 1.